The quantitative estimate of drug-likeness (QED) is 0.772. The molecule has 0 aliphatic heterocycles. The normalized spacial score (nSPS) is 16.8. The molecule has 2 aromatic heterocycles. The van der Waals surface area contributed by atoms with E-state index in [4.69, 9.17) is 4.98 Å². The number of imidazole rings is 2. The Morgan fingerprint density at radius 3 is 2.84 bits per heavy atom. The van der Waals surface area contributed by atoms with Gasteiger partial charge in [0.1, 0.15) is 11.6 Å². The SMILES string of the molecule is CCCc1nc2c([nH]1)=CC(Cc1ccc3nc(C)[nH]c3c1)=CC(C)C=2. The third kappa shape index (κ3) is 3.29. The predicted molar refractivity (Wildman–Crippen MR) is 103 cm³/mol. The highest BCUT2D eigenvalue weighted by molar-refractivity contribution is 5.76. The van der Waals surface area contributed by atoms with E-state index in [0.717, 1.165) is 52.6 Å². The summed E-state index contributed by atoms with van der Waals surface area (Å²) in [5.41, 5.74) is 4.76. The first-order valence-corrected chi connectivity index (χ1v) is 9.05. The van der Waals surface area contributed by atoms with E-state index >= 15 is 0 Å². The van der Waals surface area contributed by atoms with Crippen LogP contribution in [0.5, 0.6) is 0 Å². The van der Waals surface area contributed by atoms with Crippen LogP contribution in [0.4, 0.5) is 0 Å². The van der Waals surface area contributed by atoms with Crippen molar-refractivity contribution in [3.05, 3.63) is 57.8 Å². The van der Waals surface area contributed by atoms with Crippen LogP contribution < -0.4 is 10.7 Å². The summed E-state index contributed by atoms with van der Waals surface area (Å²) in [7, 11) is 0. The average Bonchev–Trinajstić information content (AvgIpc) is 3.05. The second kappa shape index (κ2) is 6.36. The van der Waals surface area contributed by atoms with Crippen molar-refractivity contribution in [3.8, 4) is 0 Å². The van der Waals surface area contributed by atoms with E-state index < -0.39 is 0 Å². The molecule has 0 radical (unpaired) electrons. The lowest BCUT2D eigenvalue weighted by atomic mass is 10.0. The molecule has 1 unspecified atom stereocenters. The minimum Gasteiger partial charge on any atom is -0.342 e. The molecule has 0 saturated heterocycles. The first-order chi connectivity index (χ1) is 12.1. The fraction of sp³-hybridized carbons (Fsp3) is 0.333. The molecule has 1 aliphatic carbocycles. The van der Waals surface area contributed by atoms with E-state index in [1.54, 1.807) is 0 Å². The molecule has 0 spiro atoms. The Bertz CT molecular complexity index is 1070. The van der Waals surface area contributed by atoms with Gasteiger partial charge < -0.3 is 9.97 Å². The van der Waals surface area contributed by atoms with Gasteiger partial charge in [-0.1, -0.05) is 26.0 Å². The zero-order valence-corrected chi connectivity index (χ0v) is 15.1. The van der Waals surface area contributed by atoms with Gasteiger partial charge in [-0.25, -0.2) is 9.97 Å². The maximum absolute atomic E-state index is 4.75. The number of benzene rings is 1. The molecule has 4 rings (SSSR count). The summed E-state index contributed by atoms with van der Waals surface area (Å²) in [6.45, 7) is 6.40. The number of hydrogen-bond donors (Lipinski definition) is 2. The summed E-state index contributed by atoms with van der Waals surface area (Å²) in [6, 6.07) is 6.48. The van der Waals surface area contributed by atoms with E-state index in [0.29, 0.717) is 5.92 Å². The molecule has 1 aromatic carbocycles. The number of hydrogen-bond acceptors (Lipinski definition) is 2. The standard InChI is InChI=1S/C21H24N4/c1-4-5-21-24-18-9-13(2)8-16(12-20(18)25-21)10-15-6-7-17-19(11-15)23-14(3)22-17/h6-9,11-13H,4-5,10H2,1-3H3,(H,22,23)(H,24,25). The van der Waals surface area contributed by atoms with Crippen LogP contribution in [0, 0.1) is 12.8 Å². The van der Waals surface area contributed by atoms with Crippen molar-refractivity contribution in [2.45, 2.75) is 40.0 Å². The number of nitrogens with zero attached hydrogens (tertiary/aromatic N) is 2. The minimum atomic E-state index is 0.378. The van der Waals surface area contributed by atoms with Gasteiger partial charge in [-0.15, -0.1) is 0 Å². The molecule has 1 aliphatic rings. The number of rotatable bonds is 4. The van der Waals surface area contributed by atoms with Crippen molar-refractivity contribution in [1.82, 2.24) is 19.9 Å². The van der Waals surface area contributed by atoms with Gasteiger partial charge in [0.05, 0.1) is 21.7 Å². The summed E-state index contributed by atoms with van der Waals surface area (Å²) in [4.78, 5) is 16.0. The first-order valence-electron chi connectivity index (χ1n) is 9.05. The highest BCUT2D eigenvalue weighted by Crippen LogP contribution is 2.18. The summed E-state index contributed by atoms with van der Waals surface area (Å²) in [5.74, 6) is 2.42. The van der Waals surface area contributed by atoms with E-state index in [1.807, 2.05) is 6.92 Å². The fourth-order valence-corrected chi connectivity index (χ4v) is 3.55. The maximum Gasteiger partial charge on any atom is 0.107 e. The van der Waals surface area contributed by atoms with E-state index in [2.05, 4.69) is 65.2 Å². The van der Waals surface area contributed by atoms with Gasteiger partial charge in [-0.05, 0) is 61.1 Å². The maximum atomic E-state index is 4.75. The highest BCUT2D eigenvalue weighted by atomic mass is 14.9. The number of aromatic amines is 2. The van der Waals surface area contributed by atoms with Gasteiger partial charge in [0.2, 0.25) is 0 Å². The Morgan fingerprint density at radius 2 is 2.00 bits per heavy atom. The molecule has 4 nitrogen and oxygen atoms in total. The Hall–Kier alpha value is -2.62. The van der Waals surface area contributed by atoms with Gasteiger partial charge in [0.15, 0.2) is 0 Å². The third-order valence-corrected chi connectivity index (χ3v) is 4.60. The minimum absolute atomic E-state index is 0.378. The van der Waals surface area contributed by atoms with Crippen LogP contribution in [0.1, 0.15) is 37.5 Å². The van der Waals surface area contributed by atoms with E-state index in [1.165, 1.54) is 11.1 Å². The Balaban J connectivity index is 1.68. The number of allylic oxidation sites excluding steroid dienone is 2. The smallest absolute Gasteiger partial charge is 0.107 e. The Labute approximate surface area is 147 Å². The molecule has 4 heteroatoms. The number of aryl methyl sites for hydroxylation is 2. The fourth-order valence-electron chi connectivity index (χ4n) is 3.55. The molecule has 0 saturated carbocycles. The first kappa shape index (κ1) is 15.9. The molecular formula is C21H24N4. The van der Waals surface area contributed by atoms with Crippen LogP contribution in [0.2, 0.25) is 0 Å². The molecule has 1 atom stereocenters. The van der Waals surface area contributed by atoms with Crippen molar-refractivity contribution >= 4 is 23.2 Å². The Kier molecular flexibility index (Phi) is 4.04. The summed E-state index contributed by atoms with van der Waals surface area (Å²) in [6.07, 6.45) is 9.84. The second-order valence-electron chi connectivity index (χ2n) is 6.99. The van der Waals surface area contributed by atoms with Gasteiger partial charge >= 0.3 is 0 Å². The highest BCUT2D eigenvalue weighted by Gasteiger charge is 2.08. The van der Waals surface area contributed by atoms with Crippen molar-refractivity contribution < 1.29 is 0 Å². The molecule has 0 amide bonds. The summed E-state index contributed by atoms with van der Waals surface area (Å²) < 4.78 is 0. The molecule has 2 N–H and O–H groups in total. The lowest BCUT2D eigenvalue weighted by molar-refractivity contribution is 0.851. The zero-order chi connectivity index (χ0) is 17.4. The van der Waals surface area contributed by atoms with Crippen molar-refractivity contribution in [2.75, 3.05) is 0 Å². The largest absolute Gasteiger partial charge is 0.342 e. The van der Waals surface area contributed by atoms with Crippen LogP contribution in [0.25, 0.3) is 23.2 Å². The van der Waals surface area contributed by atoms with Gasteiger partial charge in [-0.2, -0.15) is 0 Å². The predicted octanol–water partition coefficient (Wildman–Crippen LogP) is 2.93. The van der Waals surface area contributed by atoms with E-state index in [-0.39, 0.29) is 0 Å². The zero-order valence-electron chi connectivity index (χ0n) is 15.1. The average molecular weight is 332 g/mol. The molecular weight excluding hydrogens is 308 g/mol. The number of nitrogens with one attached hydrogen (secondary N) is 2. The van der Waals surface area contributed by atoms with Crippen LogP contribution in [0.3, 0.4) is 0 Å². The third-order valence-electron chi connectivity index (χ3n) is 4.60. The monoisotopic (exact) mass is 332 g/mol. The van der Waals surface area contributed by atoms with Crippen LogP contribution in [0.15, 0.2) is 29.8 Å². The number of aromatic nitrogens is 4. The summed E-state index contributed by atoms with van der Waals surface area (Å²) in [5, 5.41) is 2.22. The molecule has 3 aromatic rings. The van der Waals surface area contributed by atoms with Crippen molar-refractivity contribution in [1.29, 1.82) is 0 Å². The number of fused-ring (bicyclic) bond motifs is 2. The summed E-state index contributed by atoms with van der Waals surface area (Å²) >= 11 is 0. The van der Waals surface area contributed by atoms with E-state index in [9.17, 15) is 0 Å². The van der Waals surface area contributed by atoms with Crippen LogP contribution in [-0.4, -0.2) is 19.9 Å². The van der Waals surface area contributed by atoms with Crippen LogP contribution >= 0.6 is 0 Å². The Morgan fingerprint density at radius 1 is 1.12 bits per heavy atom. The van der Waals surface area contributed by atoms with Gasteiger partial charge in [0.25, 0.3) is 0 Å². The van der Waals surface area contributed by atoms with Gasteiger partial charge in [-0.3, -0.25) is 0 Å². The van der Waals surface area contributed by atoms with Gasteiger partial charge in [0, 0.05) is 6.42 Å². The van der Waals surface area contributed by atoms with Crippen LogP contribution in [-0.2, 0) is 12.8 Å². The molecule has 128 valence electrons. The molecule has 25 heavy (non-hydrogen) atoms. The second-order valence-corrected chi connectivity index (χ2v) is 6.99. The molecule has 0 bridgehead atoms. The lowest BCUT2D eigenvalue weighted by Gasteiger charge is -2.05. The van der Waals surface area contributed by atoms with Crippen molar-refractivity contribution in [2.24, 2.45) is 5.92 Å². The number of H-pyrrole nitrogens is 2. The molecule has 2 heterocycles. The topological polar surface area (TPSA) is 57.4 Å². The molecule has 0 fully saturated rings. The lowest BCUT2D eigenvalue weighted by Crippen LogP contribution is -2.24. The van der Waals surface area contributed by atoms with Crippen molar-refractivity contribution in [3.63, 3.8) is 0 Å².